The lowest BCUT2D eigenvalue weighted by Gasteiger charge is -2.35. The van der Waals surface area contributed by atoms with Crippen LogP contribution < -0.4 is 10.6 Å². The monoisotopic (exact) mass is 613 g/mol. The van der Waals surface area contributed by atoms with Crippen LogP contribution in [0.2, 0.25) is 0 Å². The van der Waals surface area contributed by atoms with Crippen LogP contribution in [0, 0.1) is 5.92 Å². The van der Waals surface area contributed by atoms with Gasteiger partial charge in [-0.25, -0.2) is 4.79 Å². The highest BCUT2D eigenvalue weighted by Crippen LogP contribution is 2.28. The van der Waals surface area contributed by atoms with Gasteiger partial charge in [0.15, 0.2) is 0 Å². The molecule has 0 aliphatic carbocycles. The van der Waals surface area contributed by atoms with Crippen LogP contribution in [-0.2, 0) is 14.3 Å². The summed E-state index contributed by atoms with van der Waals surface area (Å²) >= 11 is 0. The molecular formula is C38H51N3O4. The molecule has 2 N–H and O–H groups in total. The van der Waals surface area contributed by atoms with E-state index in [1.165, 1.54) is 0 Å². The molecule has 3 aromatic carbocycles. The Morgan fingerprint density at radius 2 is 1.62 bits per heavy atom. The molecule has 0 spiro atoms. The first-order valence-electron chi connectivity index (χ1n) is 16.2. The molecule has 3 amide bonds. The second kappa shape index (κ2) is 16.8. The third-order valence-electron chi connectivity index (χ3n) is 7.52. The number of fused-ring (bicyclic) bond motifs is 1. The van der Waals surface area contributed by atoms with Gasteiger partial charge in [-0.2, -0.15) is 0 Å². The van der Waals surface area contributed by atoms with E-state index in [2.05, 4.69) is 24.1 Å². The summed E-state index contributed by atoms with van der Waals surface area (Å²) in [6.07, 6.45) is 6.38. The number of nitrogens with one attached hydrogen (secondary N) is 2. The predicted molar refractivity (Wildman–Crippen MR) is 185 cm³/mol. The van der Waals surface area contributed by atoms with Gasteiger partial charge in [0.2, 0.25) is 5.91 Å². The fourth-order valence-electron chi connectivity index (χ4n) is 5.40. The average Bonchev–Trinajstić information content (AvgIpc) is 2.98. The van der Waals surface area contributed by atoms with Crippen molar-refractivity contribution in [3.63, 3.8) is 0 Å². The second-order valence-electron chi connectivity index (χ2n) is 13.1. The van der Waals surface area contributed by atoms with Crippen molar-refractivity contribution in [2.24, 2.45) is 5.92 Å². The average molecular weight is 614 g/mol. The minimum atomic E-state index is -0.940. The Balaban J connectivity index is 2.05. The number of rotatable bonds is 15. The van der Waals surface area contributed by atoms with Crippen molar-refractivity contribution >= 4 is 40.4 Å². The minimum absolute atomic E-state index is 0.106. The normalized spacial score (nSPS) is 12.8. The third kappa shape index (κ3) is 11.1. The molecule has 0 saturated heterocycles. The number of benzene rings is 3. The molecule has 0 aliphatic rings. The molecular weight excluding hydrogens is 562 g/mol. The first-order chi connectivity index (χ1) is 21.4. The van der Waals surface area contributed by atoms with E-state index < -0.39 is 23.8 Å². The predicted octanol–water partition coefficient (Wildman–Crippen LogP) is 8.90. The Labute approximate surface area is 269 Å². The number of amides is 3. The van der Waals surface area contributed by atoms with Gasteiger partial charge in [-0.1, -0.05) is 108 Å². The van der Waals surface area contributed by atoms with Gasteiger partial charge in [0, 0.05) is 12.2 Å². The Hall–Kier alpha value is -4.13. The first-order valence-corrected chi connectivity index (χ1v) is 16.2. The summed E-state index contributed by atoms with van der Waals surface area (Å²) in [6, 6.07) is 19.5. The number of anilines is 1. The molecule has 7 nitrogen and oxygen atoms in total. The van der Waals surface area contributed by atoms with Gasteiger partial charge in [0.05, 0.1) is 0 Å². The van der Waals surface area contributed by atoms with Gasteiger partial charge in [-0.05, 0) is 79.6 Å². The summed E-state index contributed by atoms with van der Waals surface area (Å²) in [5, 5.41) is 8.00. The van der Waals surface area contributed by atoms with E-state index in [1.807, 2.05) is 80.6 Å². The number of ether oxygens (including phenoxy) is 1. The van der Waals surface area contributed by atoms with E-state index in [0.717, 1.165) is 48.4 Å². The molecule has 0 aromatic heterocycles. The standard InChI is InChI=1S/C38H51N3O4/c1-8-10-11-12-15-23-41(36(43)33(24-27(3)4)40-37(44)45-38(5,6)7)34(31-20-16-17-28(9-2)25-31)35(42)39-32-22-21-29-18-13-14-19-30(29)26-32/h9,13-14,16-22,25-27,33-34H,2,8,10-12,15,23-24H2,1,3-7H3,(H,39,42)(H,40,44). The van der Waals surface area contributed by atoms with Crippen LogP contribution in [0.15, 0.2) is 73.3 Å². The third-order valence-corrected chi connectivity index (χ3v) is 7.52. The highest BCUT2D eigenvalue weighted by atomic mass is 16.6. The largest absolute Gasteiger partial charge is 0.444 e. The Bertz CT molecular complexity index is 1440. The van der Waals surface area contributed by atoms with E-state index in [-0.39, 0.29) is 17.7 Å². The summed E-state index contributed by atoms with van der Waals surface area (Å²) in [6.45, 7) is 15.8. The van der Waals surface area contributed by atoms with E-state index in [0.29, 0.717) is 24.2 Å². The lowest BCUT2D eigenvalue weighted by Crippen LogP contribution is -2.53. The number of carbonyl (C=O) groups excluding carboxylic acids is 3. The van der Waals surface area contributed by atoms with Crippen LogP contribution in [0.1, 0.15) is 97.2 Å². The van der Waals surface area contributed by atoms with Gasteiger partial charge in [-0.15, -0.1) is 0 Å². The number of hydrogen-bond acceptors (Lipinski definition) is 4. The summed E-state index contributed by atoms with van der Waals surface area (Å²) in [5.41, 5.74) is 1.44. The molecule has 2 unspecified atom stereocenters. The second-order valence-corrected chi connectivity index (χ2v) is 13.1. The fraction of sp³-hybridized carbons (Fsp3) is 0.447. The zero-order valence-electron chi connectivity index (χ0n) is 27.9. The maximum atomic E-state index is 14.6. The van der Waals surface area contributed by atoms with Crippen LogP contribution in [0.5, 0.6) is 0 Å². The van der Waals surface area contributed by atoms with Gasteiger partial charge in [-0.3, -0.25) is 9.59 Å². The lowest BCUT2D eigenvalue weighted by molar-refractivity contribution is -0.141. The number of carbonyl (C=O) groups is 3. The first kappa shape index (κ1) is 35.4. The molecule has 242 valence electrons. The van der Waals surface area contributed by atoms with Crippen molar-refractivity contribution < 1.29 is 19.1 Å². The molecule has 3 rings (SSSR count). The molecule has 7 heteroatoms. The van der Waals surface area contributed by atoms with Gasteiger partial charge < -0.3 is 20.3 Å². The van der Waals surface area contributed by atoms with Crippen molar-refractivity contribution in [3.8, 4) is 0 Å². The van der Waals surface area contributed by atoms with E-state index in [1.54, 1.807) is 31.7 Å². The molecule has 2 atom stereocenters. The van der Waals surface area contributed by atoms with Crippen molar-refractivity contribution in [2.45, 2.75) is 97.8 Å². The van der Waals surface area contributed by atoms with E-state index in [9.17, 15) is 14.4 Å². The van der Waals surface area contributed by atoms with Crippen molar-refractivity contribution in [1.29, 1.82) is 0 Å². The van der Waals surface area contributed by atoms with E-state index in [4.69, 9.17) is 4.74 Å². The number of unbranched alkanes of at least 4 members (excludes halogenated alkanes) is 4. The van der Waals surface area contributed by atoms with Gasteiger partial charge in [0.25, 0.3) is 5.91 Å². The Morgan fingerprint density at radius 1 is 0.911 bits per heavy atom. The van der Waals surface area contributed by atoms with Crippen LogP contribution in [-0.4, -0.2) is 41.0 Å². The zero-order valence-corrected chi connectivity index (χ0v) is 27.9. The molecule has 0 bridgehead atoms. The fourth-order valence-corrected chi connectivity index (χ4v) is 5.40. The summed E-state index contributed by atoms with van der Waals surface area (Å²) in [5.74, 6) is -0.532. The zero-order chi connectivity index (χ0) is 33.0. The highest BCUT2D eigenvalue weighted by molar-refractivity contribution is 6.00. The molecule has 0 aliphatic heterocycles. The number of hydrogen-bond donors (Lipinski definition) is 2. The topological polar surface area (TPSA) is 87.7 Å². The smallest absolute Gasteiger partial charge is 0.408 e. The highest BCUT2D eigenvalue weighted by Gasteiger charge is 2.36. The molecule has 3 aromatic rings. The maximum Gasteiger partial charge on any atom is 0.408 e. The Morgan fingerprint density at radius 3 is 2.29 bits per heavy atom. The van der Waals surface area contributed by atoms with Crippen molar-refractivity contribution in [1.82, 2.24) is 10.2 Å². The molecule has 0 heterocycles. The minimum Gasteiger partial charge on any atom is -0.444 e. The van der Waals surface area contributed by atoms with Gasteiger partial charge >= 0.3 is 6.09 Å². The molecule has 0 saturated carbocycles. The number of alkyl carbamates (subject to hydrolysis) is 1. The van der Waals surface area contributed by atoms with Crippen LogP contribution in [0.3, 0.4) is 0 Å². The quantitative estimate of drug-likeness (QED) is 0.168. The summed E-state index contributed by atoms with van der Waals surface area (Å²) in [4.78, 5) is 43.5. The summed E-state index contributed by atoms with van der Waals surface area (Å²) < 4.78 is 5.53. The maximum absolute atomic E-state index is 14.6. The van der Waals surface area contributed by atoms with E-state index >= 15 is 0 Å². The van der Waals surface area contributed by atoms with Gasteiger partial charge in [0.1, 0.15) is 17.7 Å². The van der Waals surface area contributed by atoms with Crippen LogP contribution in [0.4, 0.5) is 10.5 Å². The SMILES string of the molecule is C=Cc1cccc(C(C(=O)Nc2ccc3ccccc3c2)N(CCCCCCC)C(=O)C(CC(C)C)NC(=O)OC(C)(C)C)c1. The van der Waals surface area contributed by atoms with Crippen molar-refractivity contribution in [3.05, 3.63) is 84.4 Å². The molecule has 0 fully saturated rings. The number of nitrogens with zero attached hydrogens (tertiary/aromatic N) is 1. The molecule has 45 heavy (non-hydrogen) atoms. The van der Waals surface area contributed by atoms with Crippen LogP contribution >= 0.6 is 0 Å². The van der Waals surface area contributed by atoms with Crippen molar-refractivity contribution in [2.75, 3.05) is 11.9 Å². The molecule has 0 radical (unpaired) electrons. The lowest BCUT2D eigenvalue weighted by atomic mass is 9.97. The van der Waals surface area contributed by atoms with Crippen LogP contribution in [0.25, 0.3) is 16.8 Å². The Kier molecular flexibility index (Phi) is 13.2. The summed E-state index contributed by atoms with van der Waals surface area (Å²) in [7, 11) is 0.